The standard InChI is InChI=1S/C11H11NO4/c1-11(16,10(14)15)7-2-3-8-6(4-7)5-9(13)12-8/h2-4,16H,5H2,1H3,(H,12,13)(H,14,15). The van der Waals surface area contributed by atoms with Crippen LogP contribution in [0.2, 0.25) is 0 Å². The first-order valence-electron chi connectivity index (χ1n) is 4.80. The Morgan fingerprint density at radius 2 is 2.19 bits per heavy atom. The third-order valence-electron chi connectivity index (χ3n) is 2.71. The van der Waals surface area contributed by atoms with E-state index in [1.165, 1.54) is 13.0 Å². The van der Waals surface area contributed by atoms with Crippen LogP contribution in [0.1, 0.15) is 18.1 Å². The summed E-state index contributed by atoms with van der Waals surface area (Å²) in [6.07, 6.45) is 0.221. The van der Waals surface area contributed by atoms with E-state index in [9.17, 15) is 14.7 Å². The zero-order chi connectivity index (χ0) is 11.9. The molecule has 5 nitrogen and oxygen atoms in total. The van der Waals surface area contributed by atoms with Gasteiger partial charge >= 0.3 is 5.97 Å². The van der Waals surface area contributed by atoms with E-state index in [1.54, 1.807) is 12.1 Å². The quantitative estimate of drug-likeness (QED) is 0.677. The maximum Gasteiger partial charge on any atom is 0.340 e. The van der Waals surface area contributed by atoms with Crippen molar-refractivity contribution in [3.05, 3.63) is 29.3 Å². The average Bonchev–Trinajstić information content (AvgIpc) is 2.56. The molecule has 3 N–H and O–H groups in total. The van der Waals surface area contributed by atoms with Crippen LogP contribution in [-0.2, 0) is 21.6 Å². The molecular weight excluding hydrogens is 210 g/mol. The SMILES string of the molecule is CC(O)(C(=O)O)c1ccc2c(c1)CC(=O)N2. The summed E-state index contributed by atoms with van der Waals surface area (Å²) in [7, 11) is 0. The van der Waals surface area contributed by atoms with E-state index in [1.807, 2.05) is 0 Å². The lowest BCUT2D eigenvalue weighted by Crippen LogP contribution is -2.31. The van der Waals surface area contributed by atoms with Gasteiger partial charge in [-0.05, 0) is 30.2 Å². The van der Waals surface area contributed by atoms with Crippen LogP contribution in [0.3, 0.4) is 0 Å². The van der Waals surface area contributed by atoms with Crippen molar-refractivity contribution in [1.29, 1.82) is 0 Å². The van der Waals surface area contributed by atoms with Gasteiger partial charge in [0.2, 0.25) is 5.91 Å². The fourth-order valence-electron chi connectivity index (χ4n) is 1.66. The number of anilines is 1. The van der Waals surface area contributed by atoms with Crippen LogP contribution < -0.4 is 5.32 Å². The van der Waals surface area contributed by atoms with Gasteiger partial charge in [0.25, 0.3) is 0 Å². The van der Waals surface area contributed by atoms with Crippen LogP contribution in [0, 0.1) is 0 Å². The molecule has 0 aromatic heterocycles. The Balaban J connectivity index is 2.43. The smallest absolute Gasteiger partial charge is 0.340 e. The third kappa shape index (κ3) is 1.55. The summed E-state index contributed by atoms with van der Waals surface area (Å²) < 4.78 is 0. The topological polar surface area (TPSA) is 86.6 Å². The van der Waals surface area contributed by atoms with E-state index in [0.29, 0.717) is 11.3 Å². The molecule has 0 spiro atoms. The van der Waals surface area contributed by atoms with E-state index < -0.39 is 11.6 Å². The highest BCUT2D eigenvalue weighted by Gasteiger charge is 2.33. The maximum atomic E-state index is 11.1. The molecule has 1 aromatic carbocycles. The van der Waals surface area contributed by atoms with Crippen molar-refractivity contribution in [2.24, 2.45) is 0 Å². The minimum Gasteiger partial charge on any atom is -0.479 e. The molecule has 84 valence electrons. The van der Waals surface area contributed by atoms with Crippen molar-refractivity contribution in [1.82, 2.24) is 0 Å². The second kappa shape index (κ2) is 3.31. The van der Waals surface area contributed by atoms with Crippen LogP contribution in [0.15, 0.2) is 18.2 Å². The monoisotopic (exact) mass is 221 g/mol. The highest BCUT2D eigenvalue weighted by Crippen LogP contribution is 2.29. The van der Waals surface area contributed by atoms with Crippen LogP contribution >= 0.6 is 0 Å². The zero-order valence-electron chi connectivity index (χ0n) is 8.65. The molecule has 0 fully saturated rings. The van der Waals surface area contributed by atoms with Gasteiger partial charge in [0.05, 0.1) is 6.42 Å². The Hall–Kier alpha value is -1.88. The second-order valence-electron chi connectivity index (χ2n) is 3.97. The molecule has 1 atom stereocenters. The van der Waals surface area contributed by atoms with Crippen LogP contribution in [0.4, 0.5) is 5.69 Å². The van der Waals surface area contributed by atoms with Crippen molar-refractivity contribution in [3.63, 3.8) is 0 Å². The molecule has 1 amide bonds. The number of aliphatic carboxylic acids is 1. The summed E-state index contributed by atoms with van der Waals surface area (Å²) in [4.78, 5) is 22.0. The van der Waals surface area contributed by atoms with E-state index in [-0.39, 0.29) is 17.9 Å². The van der Waals surface area contributed by atoms with Gasteiger partial charge < -0.3 is 15.5 Å². The molecule has 1 aliphatic rings. The van der Waals surface area contributed by atoms with Crippen molar-refractivity contribution >= 4 is 17.6 Å². The largest absolute Gasteiger partial charge is 0.479 e. The minimum atomic E-state index is -1.93. The fraction of sp³-hybridized carbons (Fsp3) is 0.273. The van der Waals surface area contributed by atoms with Crippen molar-refractivity contribution in [2.75, 3.05) is 5.32 Å². The van der Waals surface area contributed by atoms with Gasteiger partial charge in [-0.25, -0.2) is 4.79 Å². The summed E-state index contributed by atoms with van der Waals surface area (Å²) in [5, 5.41) is 21.3. The van der Waals surface area contributed by atoms with E-state index in [0.717, 1.165) is 0 Å². The number of carbonyl (C=O) groups is 2. The first-order chi connectivity index (χ1) is 7.41. The molecule has 1 heterocycles. The fourth-order valence-corrected chi connectivity index (χ4v) is 1.66. The van der Waals surface area contributed by atoms with E-state index in [4.69, 9.17) is 5.11 Å². The van der Waals surface area contributed by atoms with Crippen LogP contribution in [-0.4, -0.2) is 22.1 Å². The second-order valence-corrected chi connectivity index (χ2v) is 3.97. The van der Waals surface area contributed by atoms with Gasteiger partial charge in [0, 0.05) is 5.69 Å². The normalized spacial score (nSPS) is 17.5. The first kappa shape index (κ1) is 10.6. The molecule has 0 bridgehead atoms. The third-order valence-corrected chi connectivity index (χ3v) is 2.71. The molecule has 5 heteroatoms. The number of amides is 1. The Labute approximate surface area is 91.7 Å². The molecule has 1 aliphatic heterocycles. The van der Waals surface area contributed by atoms with Gasteiger partial charge in [-0.3, -0.25) is 4.79 Å². The van der Waals surface area contributed by atoms with E-state index in [2.05, 4.69) is 5.32 Å². The molecule has 16 heavy (non-hydrogen) atoms. The predicted molar refractivity (Wildman–Crippen MR) is 56.0 cm³/mol. The lowest BCUT2D eigenvalue weighted by atomic mass is 9.94. The van der Waals surface area contributed by atoms with Gasteiger partial charge in [-0.2, -0.15) is 0 Å². The summed E-state index contributed by atoms with van der Waals surface area (Å²) in [5.41, 5.74) is -0.269. The number of aliphatic hydroxyl groups is 1. The minimum absolute atomic E-state index is 0.123. The van der Waals surface area contributed by atoms with Crippen molar-refractivity contribution in [3.8, 4) is 0 Å². The molecule has 0 saturated carbocycles. The molecule has 0 saturated heterocycles. The molecule has 0 radical (unpaired) electrons. The molecule has 1 aromatic rings. The number of carboxylic acids is 1. The Morgan fingerprint density at radius 3 is 2.81 bits per heavy atom. The highest BCUT2D eigenvalue weighted by atomic mass is 16.4. The van der Waals surface area contributed by atoms with Crippen molar-refractivity contribution in [2.45, 2.75) is 18.9 Å². The number of hydrogen-bond donors (Lipinski definition) is 3. The number of hydrogen-bond acceptors (Lipinski definition) is 3. The Bertz CT molecular complexity index is 479. The molecular formula is C11H11NO4. The average molecular weight is 221 g/mol. The molecule has 1 unspecified atom stereocenters. The highest BCUT2D eigenvalue weighted by molar-refractivity contribution is 5.99. The predicted octanol–water partition coefficient (Wildman–Crippen LogP) is 0.473. The van der Waals surface area contributed by atoms with Gasteiger partial charge in [0.15, 0.2) is 5.60 Å². The van der Waals surface area contributed by atoms with E-state index >= 15 is 0 Å². The lowest BCUT2D eigenvalue weighted by molar-refractivity contribution is -0.157. The van der Waals surface area contributed by atoms with Gasteiger partial charge in [-0.15, -0.1) is 0 Å². The van der Waals surface area contributed by atoms with Gasteiger partial charge in [-0.1, -0.05) is 6.07 Å². The molecule has 0 aliphatic carbocycles. The summed E-state index contributed by atoms with van der Waals surface area (Å²) >= 11 is 0. The Morgan fingerprint density at radius 1 is 1.50 bits per heavy atom. The molecule has 2 rings (SSSR count). The number of carbonyl (C=O) groups excluding carboxylic acids is 1. The first-order valence-corrected chi connectivity index (χ1v) is 4.80. The number of benzene rings is 1. The maximum absolute atomic E-state index is 11.1. The van der Waals surface area contributed by atoms with Crippen molar-refractivity contribution < 1.29 is 19.8 Å². The lowest BCUT2D eigenvalue weighted by Gasteiger charge is -2.18. The van der Waals surface area contributed by atoms with Crippen LogP contribution in [0.25, 0.3) is 0 Å². The number of rotatable bonds is 2. The summed E-state index contributed by atoms with van der Waals surface area (Å²) in [6, 6.07) is 4.65. The number of carboxylic acid groups (broad SMARTS) is 1. The Kier molecular flexibility index (Phi) is 2.20. The summed E-state index contributed by atoms with van der Waals surface area (Å²) in [5.74, 6) is -1.44. The number of nitrogens with one attached hydrogen (secondary N) is 1. The van der Waals surface area contributed by atoms with Crippen LogP contribution in [0.5, 0.6) is 0 Å². The van der Waals surface area contributed by atoms with Gasteiger partial charge in [0.1, 0.15) is 0 Å². The number of fused-ring (bicyclic) bond motifs is 1. The zero-order valence-corrected chi connectivity index (χ0v) is 8.65. The summed E-state index contributed by atoms with van der Waals surface area (Å²) in [6.45, 7) is 1.21.